The lowest BCUT2D eigenvalue weighted by Crippen LogP contribution is -2.64. The molecule has 12 nitrogen and oxygen atoms in total. The average Bonchev–Trinajstić information content (AvgIpc) is 3.28. The van der Waals surface area contributed by atoms with E-state index >= 15 is 0 Å². The van der Waals surface area contributed by atoms with Crippen molar-refractivity contribution < 1.29 is 58.3 Å². The van der Waals surface area contributed by atoms with Gasteiger partial charge in [0.2, 0.25) is 0 Å². The summed E-state index contributed by atoms with van der Waals surface area (Å²) < 4.78 is 34.2. The van der Waals surface area contributed by atoms with Gasteiger partial charge >= 0.3 is 13.8 Å². The number of carbonyl (C=O) groups excluding carboxylic acids is 1. The second-order valence-electron chi connectivity index (χ2n) is 16.6. The molecule has 0 aromatic carbocycles. The third-order valence-electron chi connectivity index (χ3n) is 10.8. The normalized spacial score (nSPS) is 22.4. The monoisotopic (exact) mass is 923 g/mol. The molecular formula is C51H87O12P. The first-order valence-electron chi connectivity index (χ1n) is 24.4. The first-order chi connectivity index (χ1) is 31.0. The van der Waals surface area contributed by atoms with Crippen molar-refractivity contribution in [2.45, 2.75) is 211 Å². The molecule has 64 heavy (non-hydrogen) atoms. The molecule has 0 radical (unpaired) electrons. The Kier molecular flexibility index (Phi) is 37.9. The lowest BCUT2D eigenvalue weighted by Gasteiger charge is -2.41. The van der Waals surface area contributed by atoms with Crippen molar-refractivity contribution in [2.24, 2.45) is 0 Å². The lowest BCUT2D eigenvalue weighted by molar-refractivity contribution is -0.220. The van der Waals surface area contributed by atoms with Gasteiger partial charge in [0.05, 0.1) is 13.2 Å². The van der Waals surface area contributed by atoms with Crippen LogP contribution < -0.4 is 0 Å². The SMILES string of the molecule is CC/C=C\C/C=C\C/C=C\C/C=C\C/C=C\CCCCCC(=O)OC(COCCCCCCCCCC/C=C\C/C=C\CCCCC)COP(=O)(O)OC1C(O)C(O)C(O)C(O)C1O. The number of aliphatic hydroxyl groups is 5. The molecule has 1 fully saturated rings. The number of phosphoric acid groups is 1. The van der Waals surface area contributed by atoms with Gasteiger partial charge in [-0.25, -0.2) is 4.57 Å². The molecule has 0 aromatic heterocycles. The molecule has 0 aliphatic heterocycles. The first kappa shape index (κ1) is 59.5. The maximum atomic E-state index is 12.8. The van der Waals surface area contributed by atoms with E-state index < -0.39 is 63.1 Å². The second-order valence-corrected chi connectivity index (χ2v) is 18.0. The Morgan fingerprint density at radius 1 is 0.516 bits per heavy atom. The number of ether oxygens (including phenoxy) is 2. The van der Waals surface area contributed by atoms with Crippen LogP contribution in [-0.4, -0.2) is 98.9 Å². The standard InChI is InChI=1S/C51H87O12P/c1-3-5-7-9-11-13-15-17-19-21-23-24-26-28-30-32-34-36-38-40-45(52)62-44(43-61-64(58,59)63-51-49(56)47(54)46(53)48(55)50(51)57)42-60-41-39-37-35-33-31-29-27-25-22-20-18-16-14-12-10-8-6-4-2/h5,7,11-14,17-20,23-24,28,30,44,46-51,53-57H,3-4,6,8-10,15-16,21-22,25-27,29,31-43H2,1-2H3,(H,58,59)/b7-5-,13-11-,14-12-,19-17-,20-18-,24-23-,30-28-. The van der Waals surface area contributed by atoms with Crippen LogP contribution in [-0.2, 0) is 27.9 Å². The van der Waals surface area contributed by atoms with E-state index in [9.17, 15) is 39.8 Å². The van der Waals surface area contributed by atoms with Crippen molar-refractivity contribution in [2.75, 3.05) is 19.8 Å². The number of aliphatic hydroxyl groups excluding tert-OH is 5. The van der Waals surface area contributed by atoms with Gasteiger partial charge in [-0.05, 0) is 89.9 Å². The van der Waals surface area contributed by atoms with E-state index in [1.54, 1.807) is 0 Å². The molecular weight excluding hydrogens is 836 g/mol. The van der Waals surface area contributed by atoms with E-state index in [-0.39, 0.29) is 13.0 Å². The van der Waals surface area contributed by atoms with Crippen LogP contribution in [0.5, 0.6) is 0 Å². The summed E-state index contributed by atoms with van der Waals surface area (Å²) in [5.74, 6) is -0.513. The number of rotatable bonds is 40. The molecule has 368 valence electrons. The molecule has 6 N–H and O–H groups in total. The highest BCUT2D eigenvalue weighted by Gasteiger charge is 2.51. The smallest absolute Gasteiger partial charge is 0.457 e. The van der Waals surface area contributed by atoms with Crippen LogP contribution >= 0.6 is 7.82 Å². The highest BCUT2D eigenvalue weighted by atomic mass is 31.2. The van der Waals surface area contributed by atoms with Crippen molar-refractivity contribution in [3.63, 3.8) is 0 Å². The molecule has 0 aromatic rings. The Morgan fingerprint density at radius 3 is 1.41 bits per heavy atom. The number of esters is 1. The summed E-state index contributed by atoms with van der Waals surface area (Å²) in [5.41, 5.74) is 0. The summed E-state index contributed by atoms with van der Waals surface area (Å²) in [6.45, 7) is 4.06. The molecule has 0 bridgehead atoms. The Hall–Kier alpha value is -2.48. The molecule has 0 saturated heterocycles. The van der Waals surface area contributed by atoms with Gasteiger partial charge in [0.1, 0.15) is 42.7 Å². The number of carbonyl (C=O) groups is 1. The van der Waals surface area contributed by atoms with E-state index in [0.29, 0.717) is 13.0 Å². The predicted octanol–water partition coefficient (Wildman–Crippen LogP) is 10.5. The summed E-state index contributed by atoms with van der Waals surface area (Å²) in [6, 6.07) is 0. The topological polar surface area (TPSA) is 192 Å². The van der Waals surface area contributed by atoms with Gasteiger partial charge in [-0.1, -0.05) is 157 Å². The van der Waals surface area contributed by atoms with Crippen LogP contribution in [0.3, 0.4) is 0 Å². The predicted molar refractivity (Wildman–Crippen MR) is 258 cm³/mol. The number of hydrogen-bond donors (Lipinski definition) is 6. The van der Waals surface area contributed by atoms with Crippen LogP contribution in [0.1, 0.15) is 168 Å². The number of hydrogen-bond acceptors (Lipinski definition) is 11. The molecule has 6 atom stereocenters. The number of allylic oxidation sites excluding steroid dienone is 14. The van der Waals surface area contributed by atoms with Gasteiger partial charge in [0.15, 0.2) is 0 Å². The third-order valence-corrected chi connectivity index (χ3v) is 11.7. The molecule has 1 aliphatic carbocycles. The zero-order chi connectivity index (χ0) is 46.9. The second kappa shape index (κ2) is 40.8. The van der Waals surface area contributed by atoms with Crippen LogP contribution in [0.15, 0.2) is 85.1 Å². The first-order valence-corrected chi connectivity index (χ1v) is 25.9. The van der Waals surface area contributed by atoms with Crippen LogP contribution in [0, 0.1) is 0 Å². The highest BCUT2D eigenvalue weighted by Crippen LogP contribution is 2.47. The van der Waals surface area contributed by atoms with Gasteiger partial charge in [-0.15, -0.1) is 0 Å². The number of unbranched alkanes of at least 4 members (excludes halogenated alkanes) is 14. The summed E-state index contributed by atoms with van der Waals surface area (Å²) in [6.07, 6.45) is 42.1. The van der Waals surface area contributed by atoms with Gasteiger partial charge in [-0.2, -0.15) is 0 Å². The van der Waals surface area contributed by atoms with Crippen molar-refractivity contribution in [3.8, 4) is 0 Å². The van der Waals surface area contributed by atoms with Gasteiger partial charge in [-0.3, -0.25) is 13.8 Å². The Bertz CT molecular complexity index is 1380. The molecule has 1 aliphatic rings. The minimum absolute atomic E-state index is 0.0994. The van der Waals surface area contributed by atoms with Crippen LogP contribution in [0.4, 0.5) is 0 Å². The largest absolute Gasteiger partial charge is 0.472 e. The van der Waals surface area contributed by atoms with Crippen molar-refractivity contribution in [1.82, 2.24) is 0 Å². The fraction of sp³-hybridized carbons (Fsp3) is 0.706. The molecule has 1 rings (SSSR count). The Morgan fingerprint density at radius 2 is 0.922 bits per heavy atom. The summed E-state index contributed by atoms with van der Waals surface area (Å²) in [7, 11) is -5.04. The number of phosphoric ester groups is 1. The average molecular weight is 923 g/mol. The summed E-state index contributed by atoms with van der Waals surface area (Å²) in [5, 5.41) is 50.3. The van der Waals surface area contributed by atoms with Crippen molar-refractivity contribution >= 4 is 13.8 Å². The molecule has 1 saturated carbocycles. The summed E-state index contributed by atoms with van der Waals surface area (Å²) in [4.78, 5) is 23.2. The fourth-order valence-corrected chi connectivity index (χ4v) is 7.85. The van der Waals surface area contributed by atoms with E-state index in [0.717, 1.165) is 89.9 Å². The maximum Gasteiger partial charge on any atom is 0.472 e. The molecule has 0 amide bonds. The molecule has 0 spiro atoms. The lowest BCUT2D eigenvalue weighted by atomic mass is 9.85. The molecule has 0 heterocycles. The Balaban J connectivity index is 2.41. The third kappa shape index (κ3) is 32.2. The van der Waals surface area contributed by atoms with Crippen LogP contribution in [0.2, 0.25) is 0 Å². The van der Waals surface area contributed by atoms with E-state index in [2.05, 4.69) is 98.9 Å². The molecule has 13 heteroatoms. The minimum Gasteiger partial charge on any atom is -0.457 e. The van der Waals surface area contributed by atoms with Gasteiger partial charge in [0.25, 0.3) is 0 Å². The molecule has 6 unspecified atom stereocenters. The quantitative estimate of drug-likeness (QED) is 0.0148. The maximum absolute atomic E-state index is 12.8. The fourth-order valence-electron chi connectivity index (χ4n) is 6.88. The van der Waals surface area contributed by atoms with Gasteiger partial charge < -0.3 is 39.9 Å². The summed E-state index contributed by atoms with van der Waals surface area (Å²) >= 11 is 0. The van der Waals surface area contributed by atoms with E-state index in [4.69, 9.17) is 18.5 Å². The zero-order valence-corrected chi connectivity index (χ0v) is 40.2. The minimum atomic E-state index is -5.04. The van der Waals surface area contributed by atoms with E-state index in [1.165, 1.54) is 51.4 Å². The zero-order valence-electron chi connectivity index (χ0n) is 39.3. The van der Waals surface area contributed by atoms with E-state index in [1.807, 2.05) is 0 Å². The van der Waals surface area contributed by atoms with Crippen molar-refractivity contribution in [1.29, 1.82) is 0 Å². The van der Waals surface area contributed by atoms with Crippen molar-refractivity contribution in [3.05, 3.63) is 85.1 Å². The Labute approximate surface area is 386 Å². The van der Waals surface area contributed by atoms with Gasteiger partial charge in [0, 0.05) is 13.0 Å². The highest BCUT2D eigenvalue weighted by molar-refractivity contribution is 7.47. The van der Waals surface area contributed by atoms with Crippen LogP contribution in [0.25, 0.3) is 0 Å².